The average Bonchev–Trinajstić information content (AvgIpc) is 3.57. The SMILES string of the molecule is CC(C)n1cc(C(F)(F)F)nc1-c1ccc(CN2C(=O)CCn3nc(-c4c(Cl)cnn4C(C)C)nc32)cc1. The summed E-state index contributed by atoms with van der Waals surface area (Å²) in [6, 6.07) is 6.80. The lowest BCUT2D eigenvalue weighted by molar-refractivity contribution is -0.140. The zero-order valence-corrected chi connectivity index (χ0v) is 22.0. The van der Waals surface area contributed by atoms with E-state index in [0.717, 1.165) is 11.8 Å². The number of carbonyl (C=O) groups is 1. The molecule has 0 saturated carbocycles. The van der Waals surface area contributed by atoms with E-state index in [1.54, 1.807) is 58.6 Å². The number of aromatic nitrogens is 7. The quantitative estimate of drug-likeness (QED) is 0.306. The summed E-state index contributed by atoms with van der Waals surface area (Å²) >= 11 is 6.38. The van der Waals surface area contributed by atoms with Gasteiger partial charge in [0.2, 0.25) is 17.7 Å². The lowest BCUT2D eigenvalue weighted by atomic mass is 10.1. The van der Waals surface area contributed by atoms with E-state index < -0.39 is 11.9 Å². The first-order valence-corrected chi connectivity index (χ1v) is 12.6. The Kier molecular flexibility index (Phi) is 6.54. The van der Waals surface area contributed by atoms with Gasteiger partial charge in [0.25, 0.3) is 0 Å². The van der Waals surface area contributed by atoms with Crippen LogP contribution in [-0.2, 0) is 24.1 Å². The topological polar surface area (TPSA) is 86.7 Å². The van der Waals surface area contributed by atoms with Gasteiger partial charge in [-0.1, -0.05) is 35.9 Å². The summed E-state index contributed by atoms with van der Waals surface area (Å²) < 4.78 is 44.8. The maximum absolute atomic E-state index is 13.3. The summed E-state index contributed by atoms with van der Waals surface area (Å²) in [6.07, 6.45) is -1.70. The second kappa shape index (κ2) is 9.57. The molecule has 4 aromatic rings. The molecular weight excluding hydrogens is 521 g/mol. The smallest absolute Gasteiger partial charge is 0.328 e. The third-order valence-corrected chi connectivity index (χ3v) is 6.59. The van der Waals surface area contributed by atoms with Crippen molar-refractivity contribution in [2.45, 2.75) is 65.5 Å². The number of fused-ring (bicyclic) bond motifs is 1. The fourth-order valence-electron chi connectivity index (χ4n) is 4.41. The molecule has 1 aliphatic rings. The van der Waals surface area contributed by atoms with Crippen molar-refractivity contribution in [3.63, 3.8) is 0 Å². The van der Waals surface area contributed by atoms with Crippen LogP contribution in [0, 0.1) is 0 Å². The largest absolute Gasteiger partial charge is 0.434 e. The minimum atomic E-state index is -4.53. The van der Waals surface area contributed by atoms with Crippen molar-refractivity contribution in [1.29, 1.82) is 0 Å². The first-order chi connectivity index (χ1) is 17.9. The highest BCUT2D eigenvalue weighted by Crippen LogP contribution is 2.34. The zero-order chi connectivity index (χ0) is 27.4. The van der Waals surface area contributed by atoms with Gasteiger partial charge in [-0.3, -0.25) is 14.4 Å². The van der Waals surface area contributed by atoms with Gasteiger partial charge in [-0.2, -0.15) is 23.3 Å². The fraction of sp³-hybridized carbons (Fsp3) is 0.400. The second-order valence-electron chi connectivity index (χ2n) is 9.71. The number of amides is 1. The first kappa shape index (κ1) is 26.0. The number of alkyl halides is 3. The van der Waals surface area contributed by atoms with Crippen LogP contribution >= 0.6 is 11.6 Å². The highest BCUT2D eigenvalue weighted by Gasteiger charge is 2.35. The Labute approximate surface area is 221 Å². The molecule has 5 rings (SSSR count). The third kappa shape index (κ3) is 4.68. The Morgan fingerprint density at radius 1 is 1.05 bits per heavy atom. The molecule has 1 aromatic carbocycles. The Morgan fingerprint density at radius 3 is 2.39 bits per heavy atom. The molecule has 0 aliphatic carbocycles. The average molecular weight is 547 g/mol. The van der Waals surface area contributed by atoms with Crippen molar-refractivity contribution >= 4 is 23.5 Å². The van der Waals surface area contributed by atoms with Crippen LogP contribution in [0.2, 0.25) is 5.02 Å². The fourth-order valence-corrected chi connectivity index (χ4v) is 4.63. The molecule has 1 aliphatic heterocycles. The van der Waals surface area contributed by atoms with Crippen molar-refractivity contribution in [1.82, 2.24) is 34.1 Å². The number of imidazole rings is 1. The molecule has 13 heteroatoms. The van der Waals surface area contributed by atoms with Crippen LogP contribution in [0.3, 0.4) is 0 Å². The van der Waals surface area contributed by atoms with Crippen molar-refractivity contribution < 1.29 is 18.0 Å². The van der Waals surface area contributed by atoms with E-state index in [1.807, 2.05) is 13.8 Å². The maximum Gasteiger partial charge on any atom is 0.434 e. The van der Waals surface area contributed by atoms with E-state index in [4.69, 9.17) is 11.6 Å². The number of benzene rings is 1. The second-order valence-corrected chi connectivity index (χ2v) is 10.1. The van der Waals surface area contributed by atoms with Crippen LogP contribution in [-0.4, -0.2) is 40.0 Å². The van der Waals surface area contributed by atoms with Gasteiger partial charge in [0.15, 0.2) is 5.69 Å². The summed E-state index contributed by atoms with van der Waals surface area (Å²) in [6.45, 7) is 8.16. The lowest BCUT2D eigenvalue weighted by Gasteiger charge is -2.26. The van der Waals surface area contributed by atoms with Crippen molar-refractivity contribution in [3.05, 3.63) is 52.9 Å². The van der Waals surface area contributed by atoms with Crippen molar-refractivity contribution in [2.75, 3.05) is 4.90 Å². The van der Waals surface area contributed by atoms with E-state index in [9.17, 15) is 18.0 Å². The molecule has 0 saturated heterocycles. The zero-order valence-electron chi connectivity index (χ0n) is 21.2. The van der Waals surface area contributed by atoms with Gasteiger partial charge in [0.05, 0.1) is 24.3 Å². The number of anilines is 1. The molecule has 4 heterocycles. The molecule has 200 valence electrons. The normalized spacial score (nSPS) is 14.2. The predicted octanol–water partition coefficient (Wildman–Crippen LogP) is 5.78. The summed E-state index contributed by atoms with van der Waals surface area (Å²) in [5.41, 5.74) is 0.978. The standard InChI is InChI=1S/C25H26ClF3N8O/c1-14(2)34-13-19(25(27,28)29)31-23(34)17-7-5-16(6-8-17)12-35-20(38)9-10-36-24(35)32-22(33-36)21-18(26)11-30-37(21)15(3)4/h5-8,11,13-15H,9-10,12H2,1-4H3. The van der Waals surface area contributed by atoms with Gasteiger partial charge in [-0.25, -0.2) is 9.67 Å². The molecule has 0 radical (unpaired) electrons. The van der Waals surface area contributed by atoms with Crippen LogP contribution in [0.15, 0.2) is 36.7 Å². The van der Waals surface area contributed by atoms with Crippen LogP contribution in [0.25, 0.3) is 22.9 Å². The minimum Gasteiger partial charge on any atom is -0.328 e. The Hall–Kier alpha value is -3.67. The Balaban J connectivity index is 1.44. The van der Waals surface area contributed by atoms with Crippen LogP contribution < -0.4 is 4.90 Å². The Morgan fingerprint density at radius 2 is 1.76 bits per heavy atom. The van der Waals surface area contributed by atoms with Gasteiger partial charge < -0.3 is 4.57 Å². The lowest BCUT2D eigenvalue weighted by Crippen LogP contribution is -2.37. The van der Waals surface area contributed by atoms with E-state index in [0.29, 0.717) is 34.6 Å². The molecule has 0 atom stereocenters. The van der Waals surface area contributed by atoms with Crippen molar-refractivity contribution in [3.8, 4) is 22.9 Å². The molecule has 0 bridgehead atoms. The summed E-state index contributed by atoms with van der Waals surface area (Å²) in [5, 5.41) is 9.32. The van der Waals surface area contributed by atoms with E-state index in [1.165, 1.54) is 4.57 Å². The van der Waals surface area contributed by atoms with Crippen LogP contribution in [0.4, 0.5) is 19.1 Å². The maximum atomic E-state index is 13.3. The Bertz CT molecular complexity index is 1480. The highest BCUT2D eigenvalue weighted by atomic mass is 35.5. The minimum absolute atomic E-state index is 0.0350. The summed E-state index contributed by atoms with van der Waals surface area (Å²) in [7, 11) is 0. The third-order valence-electron chi connectivity index (χ3n) is 6.32. The number of hydrogen-bond donors (Lipinski definition) is 0. The molecule has 1 amide bonds. The number of hydrogen-bond acceptors (Lipinski definition) is 5. The van der Waals surface area contributed by atoms with Gasteiger partial charge in [-0.15, -0.1) is 5.10 Å². The molecular formula is C25H26ClF3N8O. The van der Waals surface area contributed by atoms with E-state index in [-0.39, 0.29) is 36.8 Å². The molecule has 0 unspecified atom stereocenters. The molecule has 9 nitrogen and oxygen atoms in total. The van der Waals surface area contributed by atoms with E-state index >= 15 is 0 Å². The van der Waals surface area contributed by atoms with Gasteiger partial charge in [0, 0.05) is 30.3 Å². The van der Waals surface area contributed by atoms with Crippen molar-refractivity contribution in [2.24, 2.45) is 0 Å². The summed E-state index contributed by atoms with van der Waals surface area (Å²) in [4.78, 5) is 22.9. The van der Waals surface area contributed by atoms with Gasteiger partial charge in [-0.05, 0) is 33.3 Å². The number of nitrogens with zero attached hydrogens (tertiary/aromatic N) is 8. The summed E-state index contributed by atoms with van der Waals surface area (Å²) in [5.74, 6) is 0.912. The monoisotopic (exact) mass is 546 g/mol. The number of rotatable bonds is 6. The number of aryl methyl sites for hydroxylation is 1. The molecule has 0 spiro atoms. The number of carbonyl (C=O) groups excluding carboxylic acids is 1. The predicted molar refractivity (Wildman–Crippen MR) is 135 cm³/mol. The molecule has 3 aromatic heterocycles. The van der Waals surface area contributed by atoms with Crippen LogP contribution in [0.1, 0.15) is 57.5 Å². The first-order valence-electron chi connectivity index (χ1n) is 12.2. The highest BCUT2D eigenvalue weighted by molar-refractivity contribution is 6.32. The van der Waals surface area contributed by atoms with Gasteiger partial charge in [0.1, 0.15) is 11.5 Å². The van der Waals surface area contributed by atoms with Gasteiger partial charge >= 0.3 is 6.18 Å². The molecule has 0 fully saturated rings. The van der Waals surface area contributed by atoms with E-state index in [2.05, 4.69) is 20.2 Å². The van der Waals surface area contributed by atoms with Crippen LogP contribution in [0.5, 0.6) is 0 Å². The molecule has 0 N–H and O–H groups in total. The number of halogens is 4. The molecule has 38 heavy (non-hydrogen) atoms.